The summed E-state index contributed by atoms with van der Waals surface area (Å²) in [6, 6.07) is 4.20. The highest BCUT2D eigenvalue weighted by Crippen LogP contribution is 2.35. The molecular weight excluding hydrogens is 234 g/mol. The summed E-state index contributed by atoms with van der Waals surface area (Å²) in [4.78, 5) is 0. The summed E-state index contributed by atoms with van der Waals surface area (Å²) < 4.78 is 5.37. The maximum absolute atomic E-state index is 6.24. The van der Waals surface area contributed by atoms with Gasteiger partial charge in [-0.15, -0.1) is 0 Å². The fraction of sp³-hybridized carbons (Fsp3) is 0.571. The van der Waals surface area contributed by atoms with E-state index in [-0.39, 0.29) is 0 Å². The van der Waals surface area contributed by atoms with Crippen molar-refractivity contribution < 1.29 is 4.74 Å². The minimum absolute atomic E-state index is 0.414. The Bertz CT molecular complexity index is 363. The normalized spacial score (nSPS) is 10.9. The minimum Gasteiger partial charge on any atom is -0.495 e. The fourth-order valence-electron chi connectivity index (χ4n) is 1.94. The standard InChI is InChI=1S/C14H22ClNO/c1-10(2)12-8-11(6-4-5-7-16)9-13(15)14(12)17-3/h8-10H,4-7,16H2,1-3H3. The summed E-state index contributed by atoms with van der Waals surface area (Å²) in [7, 11) is 1.67. The third-order valence-electron chi connectivity index (χ3n) is 2.88. The Hall–Kier alpha value is -0.730. The summed E-state index contributed by atoms with van der Waals surface area (Å²) in [6.07, 6.45) is 3.19. The SMILES string of the molecule is COc1c(Cl)cc(CCCCN)cc1C(C)C. The predicted octanol–water partition coefficient (Wildman–Crippen LogP) is 3.75. The van der Waals surface area contributed by atoms with Gasteiger partial charge < -0.3 is 10.5 Å². The average molecular weight is 256 g/mol. The molecule has 1 aromatic carbocycles. The van der Waals surface area contributed by atoms with E-state index >= 15 is 0 Å². The van der Waals surface area contributed by atoms with Crippen LogP contribution in [-0.2, 0) is 6.42 Å². The monoisotopic (exact) mass is 255 g/mol. The maximum Gasteiger partial charge on any atom is 0.140 e. The molecule has 1 aromatic rings. The van der Waals surface area contributed by atoms with Crippen molar-refractivity contribution in [3.8, 4) is 5.75 Å². The van der Waals surface area contributed by atoms with Gasteiger partial charge in [0.25, 0.3) is 0 Å². The first-order valence-electron chi connectivity index (χ1n) is 6.16. The van der Waals surface area contributed by atoms with Crippen molar-refractivity contribution in [3.05, 3.63) is 28.3 Å². The molecule has 0 aliphatic rings. The van der Waals surface area contributed by atoms with Gasteiger partial charge in [0.05, 0.1) is 12.1 Å². The highest BCUT2D eigenvalue weighted by molar-refractivity contribution is 6.32. The van der Waals surface area contributed by atoms with E-state index in [0.717, 1.165) is 31.6 Å². The molecule has 0 heterocycles. The molecule has 0 atom stereocenters. The number of hydrogen-bond acceptors (Lipinski definition) is 2. The third kappa shape index (κ3) is 3.90. The molecule has 0 aliphatic heterocycles. The van der Waals surface area contributed by atoms with E-state index in [1.54, 1.807) is 7.11 Å². The number of unbranched alkanes of at least 4 members (excludes halogenated alkanes) is 1. The van der Waals surface area contributed by atoms with Gasteiger partial charge in [-0.2, -0.15) is 0 Å². The first-order chi connectivity index (χ1) is 8.10. The second-order valence-electron chi connectivity index (χ2n) is 4.60. The second kappa shape index (κ2) is 6.87. The van der Waals surface area contributed by atoms with E-state index in [1.165, 1.54) is 11.1 Å². The summed E-state index contributed by atoms with van der Waals surface area (Å²) in [5.74, 6) is 1.22. The van der Waals surface area contributed by atoms with Crippen LogP contribution >= 0.6 is 11.6 Å². The molecule has 17 heavy (non-hydrogen) atoms. The van der Waals surface area contributed by atoms with Crippen LogP contribution in [0.25, 0.3) is 0 Å². The number of halogens is 1. The van der Waals surface area contributed by atoms with Crippen molar-refractivity contribution in [2.45, 2.75) is 39.0 Å². The minimum atomic E-state index is 0.414. The molecule has 1 rings (SSSR count). The Morgan fingerprint density at radius 2 is 2.00 bits per heavy atom. The van der Waals surface area contributed by atoms with Crippen LogP contribution < -0.4 is 10.5 Å². The van der Waals surface area contributed by atoms with Crippen molar-refractivity contribution in [1.82, 2.24) is 0 Å². The largest absolute Gasteiger partial charge is 0.495 e. The van der Waals surface area contributed by atoms with E-state index in [0.29, 0.717) is 10.9 Å². The lowest BCUT2D eigenvalue weighted by atomic mass is 9.97. The number of hydrogen-bond donors (Lipinski definition) is 1. The summed E-state index contributed by atoms with van der Waals surface area (Å²) in [6.45, 7) is 5.05. The van der Waals surface area contributed by atoms with Crippen molar-refractivity contribution in [3.63, 3.8) is 0 Å². The van der Waals surface area contributed by atoms with Crippen molar-refractivity contribution in [2.24, 2.45) is 5.73 Å². The molecule has 0 radical (unpaired) electrons. The molecule has 0 fully saturated rings. The van der Waals surface area contributed by atoms with Crippen LogP contribution in [0.4, 0.5) is 0 Å². The molecule has 0 spiro atoms. The van der Waals surface area contributed by atoms with Gasteiger partial charge in [-0.05, 0) is 48.9 Å². The van der Waals surface area contributed by atoms with E-state index in [4.69, 9.17) is 22.1 Å². The van der Waals surface area contributed by atoms with Gasteiger partial charge in [0.15, 0.2) is 0 Å². The Morgan fingerprint density at radius 1 is 1.29 bits per heavy atom. The van der Waals surface area contributed by atoms with Crippen molar-refractivity contribution in [1.29, 1.82) is 0 Å². The lowest BCUT2D eigenvalue weighted by Gasteiger charge is -2.15. The molecule has 0 aliphatic carbocycles. The van der Waals surface area contributed by atoms with Gasteiger partial charge in [-0.3, -0.25) is 0 Å². The molecule has 0 bridgehead atoms. The quantitative estimate of drug-likeness (QED) is 0.786. The zero-order valence-electron chi connectivity index (χ0n) is 10.9. The van der Waals surface area contributed by atoms with Gasteiger partial charge in [0.1, 0.15) is 5.75 Å². The van der Waals surface area contributed by atoms with E-state index in [2.05, 4.69) is 19.9 Å². The van der Waals surface area contributed by atoms with Crippen molar-refractivity contribution in [2.75, 3.05) is 13.7 Å². The lowest BCUT2D eigenvalue weighted by Crippen LogP contribution is -2.01. The third-order valence-corrected chi connectivity index (χ3v) is 3.16. The molecule has 0 aromatic heterocycles. The van der Waals surface area contributed by atoms with Crippen molar-refractivity contribution >= 4 is 11.6 Å². The molecule has 0 saturated heterocycles. The highest BCUT2D eigenvalue weighted by Gasteiger charge is 2.12. The van der Waals surface area contributed by atoms with E-state index in [1.807, 2.05) is 6.07 Å². The first kappa shape index (κ1) is 14.3. The van der Waals surface area contributed by atoms with Crippen LogP contribution in [0.3, 0.4) is 0 Å². The molecule has 96 valence electrons. The zero-order valence-corrected chi connectivity index (χ0v) is 11.7. The van der Waals surface area contributed by atoms with Gasteiger partial charge in [-0.1, -0.05) is 31.5 Å². The van der Waals surface area contributed by atoms with Crippen LogP contribution in [0.2, 0.25) is 5.02 Å². The number of rotatable bonds is 6. The zero-order chi connectivity index (χ0) is 12.8. The summed E-state index contributed by atoms with van der Waals surface area (Å²) in [5, 5.41) is 0.710. The van der Waals surface area contributed by atoms with Crippen LogP contribution in [-0.4, -0.2) is 13.7 Å². The van der Waals surface area contributed by atoms with Crippen LogP contribution in [0.15, 0.2) is 12.1 Å². The topological polar surface area (TPSA) is 35.2 Å². The first-order valence-corrected chi connectivity index (χ1v) is 6.54. The molecule has 0 unspecified atom stereocenters. The van der Waals surface area contributed by atoms with Gasteiger partial charge in [0.2, 0.25) is 0 Å². The van der Waals surface area contributed by atoms with Gasteiger partial charge in [-0.25, -0.2) is 0 Å². The Labute approximate surface area is 109 Å². The number of ether oxygens (including phenoxy) is 1. The fourth-order valence-corrected chi connectivity index (χ4v) is 2.26. The van der Waals surface area contributed by atoms with Gasteiger partial charge >= 0.3 is 0 Å². The molecule has 3 heteroatoms. The molecular formula is C14H22ClNO. The Kier molecular flexibility index (Phi) is 5.79. The van der Waals surface area contributed by atoms with E-state index < -0.39 is 0 Å². The maximum atomic E-state index is 6.24. The molecule has 2 nitrogen and oxygen atoms in total. The lowest BCUT2D eigenvalue weighted by molar-refractivity contribution is 0.407. The number of nitrogens with two attached hydrogens (primary N) is 1. The number of methoxy groups -OCH3 is 1. The Balaban J connectivity index is 2.94. The molecule has 0 saturated carbocycles. The smallest absolute Gasteiger partial charge is 0.140 e. The molecule has 2 N–H and O–H groups in total. The van der Waals surface area contributed by atoms with Crippen LogP contribution in [0.5, 0.6) is 5.75 Å². The summed E-state index contributed by atoms with van der Waals surface area (Å²) in [5.41, 5.74) is 7.95. The van der Waals surface area contributed by atoms with E-state index in [9.17, 15) is 0 Å². The average Bonchev–Trinajstić information content (AvgIpc) is 2.28. The second-order valence-corrected chi connectivity index (χ2v) is 5.01. The van der Waals surface area contributed by atoms with Crippen LogP contribution in [0, 0.1) is 0 Å². The van der Waals surface area contributed by atoms with Crippen LogP contribution in [0.1, 0.15) is 43.7 Å². The number of aryl methyl sites for hydroxylation is 1. The highest BCUT2D eigenvalue weighted by atomic mass is 35.5. The van der Waals surface area contributed by atoms with Gasteiger partial charge in [0, 0.05) is 0 Å². The Morgan fingerprint density at radius 3 is 2.53 bits per heavy atom. The number of benzene rings is 1. The summed E-state index contributed by atoms with van der Waals surface area (Å²) >= 11 is 6.24. The predicted molar refractivity (Wildman–Crippen MR) is 74.1 cm³/mol. The molecule has 0 amide bonds.